The van der Waals surface area contributed by atoms with Gasteiger partial charge in [0.1, 0.15) is 12.8 Å². The Bertz CT molecular complexity index is 75.8. The zero-order chi connectivity index (χ0) is 9.98. The Morgan fingerprint density at radius 1 is 1.25 bits per heavy atom. The standard InChI is InChI=1S/C4H10O2.C3H7FO2/c1-4(6)2-3-5;4-1-3(6)2-5/h4-6H,2-3H2,1H3;3,5-6H,1-2H2. The zero-order valence-electron chi connectivity index (χ0n) is 7.15. The minimum absolute atomic E-state index is 0.0810. The van der Waals surface area contributed by atoms with Gasteiger partial charge >= 0.3 is 0 Å². The van der Waals surface area contributed by atoms with Crippen LogP contribution in [-0.4, -0.2) is 52.5 Å². The van der Waals surface area contributed by atoms with Crippen LogP contribution in [0.1, 0.15) is 13.3 Å². The van der Waals surface area contributed by atoms with Crippen LogP contribution in [0.5, 0.6) is 0 Å². The van der Waals surface area contributed by atoms with Crippen molar-refractivity contribution in [1.82, 2.24) is 0 Å². The molecule has 0 radical (unpaired) electrons. The summed E-state index contributed by atoms with van der Waals surface area (Å²) in [5, 5.41) is 32.4. The highest BCUT2D eigenvalue weighted by Crippen LogP contribution is 1.83. The average Bonchev–Trinajstić information content (AvgIpc) is 2.04. The quantitative estimate of drug-likeness (QED) is 0.454. The molecule has 0 aromatic rings. The van der Waals surface area contributed by atoms with Gasteiger partial charge in [-0.3, -0.25) is 0 Å². The molecule has 5 heteroatoms. The summed E-state index contributed by atoms with van der Waals surface area (Å²) in [7, 11) is 0. The summed E-state index contributed by atoms with van der Waals surface area (Å²) >= 11 is 0. The van der Waals surface area contributed by atoms with E-state index in [1.54, 1.807) is 6.92 Å². The van der Waals surface area contributed by atoms with E-state index in [2.05, 4.69) is 0 Å². The SMILES string of the molecule is CC(O)CCO.OCC(O)CF. The van der Waals surface area contributed by atoms with E-state index >= 15 is 0 Å². The van der Waals surface area contributed by atoms with Gasteiger partial charge < -0.3 is 20.4 Å². The molecule has 0 saturated carbocycles. The first-order valence-electron chi connectivity index (χ1n) is 3.72. The molecular formula is C7H17FO4. The second-order valence-corrected chi connectivity index (χ2v) is 2.35. The van der Waals surface area contributed by atoms with Crippen molar-refractivity contribution in [2.75, 3.05) is 19.9 Å². The third-order valence-corrected chi connectivity index (χ3v) is 0.936. The Hall–Kier alpha value is -0.230. The van der Waals surface area contributed by atoms with E-state index in [0.717, 1.165) is 0 Å². The molecule has 2 atom stereocenters. The first-order valence-corrected chi connectivity index (χ1v) is 3.72. The van der Waals surface area contributed by atoms with E-state index in [4.69, 9.17) is 20.4 Å². The largest absolute Gasteiger partial charge is 0.396 e. The molecule has 2 unspecified atom stereocenters. The maximum Gasteiger partial charge on any atom is 0.118 e. The fourth-order valence-electron chi connectivity index (χ4n) is 0.236. The van der Waals surface area contributed by atoms with Crippen LogP contribution >= 0.6 is 0 Å². The predicted molar refractivity (Wildman–Crippen MR) is 42.5 cm³/mol. The van der Waals surface area contributed by atoms with E-state index < -0.39 is 19.4 Å². The third kappa shape index (κ3) is 16.4. The van der Waals surface area contributed by atoms with Gasteiger partial charge in [0.15, 0.2) is 0 Å². The maximum atomic E-state index is 11.0. The van der Waals surface area contributed by atoms with Gasteiger partial charge in [0, 0.05) is 6.61 Å². The van der Waals surface area contributed by atoms with E-state index in [9.17, 15) is 4.39 Å². The Morgan fingerprint density at radius 3 is 1.75 bits per heavy atom. The smallest absolute Gasteiger partial charge is 0.118 e. The van der Waals surface area contributed by atoms with Crippen LogP contribution < -0.4 is 0 Å². The van der Waals surface area contributed by atoms with Crippen molar-refractivity contribution in [1.29, 1.82) is 0 Å². The molecular weight excluding hydrogens is 167 g/mol. The van der Waals surface area contributed by atoms with Crippen LogP contribution in [-0.2, 0) is 0 Å². The first kappa shape index (κ1) is 14.3. The zero-order valence-corrected chi connectivity index (χ0v) is 7.15. The summed E-state index contributed by atoms with van der Waals surface area (Å²) in [5.74, 6) is 0. The van der Waals surface area contributed by atoms with E-state index in [0.29, 0.717) is 6.42 Å². The first-order chi connectivity index (χ1) is 5.58. The van der Waals surface area contributed by atoms with E-state index in [1.165, 1.54) is 0 Å². The summed E-state index contributed by atoms with van der Waals surface area (Å²) in [6.07, 6.45) is -1.04. The predicted octanol–water partition coefficient (Wildman–Crippen LogP) is -0.941. The molecule has 12 heavy (non-hydrogen) atoms. The van der Waals surface area contributed by atoms with E-state index in [-0.39, 0.29) is 12.7 Å². The number of aliphatic hydroxyl groups is 4. The lowest BCUT2D eigenvalue weighted by Gasteiger charge is -1.95. The van der Waals surface area contributed by atoms with Gasteiger partial charge in [-0.1, -0.05) is 0 Å². The molecule has 0 amide bonds. The lowest BCUT2D eigenvalue weighted by atomic mass is 10.3. The van der Waals surface area contributed by atoms with Crippen molar-refractivity contribution in [3.63, 3.8) is 0 Å². The maximum absolute atomic E-state index is 11.0. The van der Waals surface area contributed by atoms with Gasteiger partial charge in [0.25, 0.3) is 0 Å². The van der Waals surface area contributed by atoms with Gasteiger partial charge in [-0.25, -0.2) is 4.39 Å². The molecule has 0 aromatic carbocycles. The molecule has 4 nitrogen and oxygen atoms in total. The van der Waals surface area contributed by atoms with Gasteiger partial charge in [-0.05, 0) is 13.3 Å². The molecule has 76 valence electrons. The summed E-state index contributed by atoms with van der Waals surface area (Å²) in [4.78, 5) is 0. The minimum atomic E-state index is -1.18. The highest BCUT2D eigenvalue weighted by Gasteiger charge is 1.95. The fourth-order valence-corrected chi connectivity index (χ4v) is 0.236. The summed E-state index contributed by atoms with van der Waals surface area (Å²) < 4.78 is 11.0. The van der Waals surface area contributed by atoms with Crippen molar-refractivity contribution in [2.45, 2.75) is 25.6 Å². The number of halogens is 1. The summed E-state index contributed by atoms with van der Waals surface area (Å²) in [5.41, 5.74) is 0. The van der Waals surface area contributed by atoms with Crippen molar-refractivity contribution >= 4 is 0 Å². The highest BCUT2D eigenvalue weighted by atomic mass is 19.1. The molecule has 0 aliphatic carbocycles. The number of alkyl halides is 1. The van der Waals surface area contributed by atoms with Gasteiger partial charge in [-0.2, -0.15) is 0 Å². The molecule has 0 aliphatic heterocycles. The Kier molecular flexibility index (Phi) is 12.8. The van der Waals surface area contributed by atoms with Crippen molar-refractivity contribution in [3.8, 4) is 0 Å². The molecule has 0 aliphatic rings. The molecule has 0 aromatic heterocycles. The topological polar surface area (TPSA) is 80.9 Å². The minimum Gasteiger partial charge on any atom is -0.396 e. The van der Waals surface area contributed by atoms with Crippen LogP contribution in [0.15, 0.2) is 0 Å². The monoisotopic (exact) mass is 184 g/mol. The molecule has 0 saturated heterocycles. The van der Waals surface area contributed by atoms with Crippen LogP contribution in [0.2, 0.25) is 0 Å². The Labute approximate surface area is 71.3 Å². The molecule has 0 heterocycles. The van der Waals surface area contributed by atoms with Crippen molar-refractivity contribution in [3.05, 3.63) is 0 Å². The molecule has 0 fully saturated rings. The average molecular weight is 184 g/mol. The van der Waals surface area contributed by atoms with Crippen LogP contribution in [0, 0.1) is 0 Å². The van der Waals surface area contributed by atoms with Crippen LogP contribution in [0.25, 0.3) is 0 Å². The lowest BCUT2D eigenvalue weighted by Crippen LogP contribution is -2.13. The van der Waals surface area contributed by atoms with Gasteiger partial charge in [0.05, 0.1) is 12.7 Å². The van der Waals surface area contributed by atoms with Crippen LogP contribution in [0.3, 0.4) is 0 Å². The number of aliphatic hydroxyl groups excluding tert-OH is 4. The van der Waals surface area contributed by atoms with Crippen LogP contribution in [0.4, 0.5) is 4.39 Å². The molecule has 0 rings (SSSR count). The number of hydrogen-bond acceptors (Lipinski definition) is 4. The number of rotatable bonds is 4. The van der Waals surface area contributed by atoms with Crippen molar-refractivity contribution in [2.24, 2.45) is 0 Å². The summed E-state index contributed by atoms with van der Waals surface area (Å²) in [6.45, 7) is 0.376. The lowest BCUT2D eigenvalue weighted by molar-refractivity contribution is 0.0737. The Morgan fingerprint density at radius 2 is 1.75 bits per heavy atom. The van der Waals surface area contributed by atoms with Gasteiger partial charge in [-0.15, -0.1) is 0 Å². The normalized spacial score (nSPS) is 14.5. The fraction of sp³-hybridized carbons (Fsp3) is 1.00. The third-order valence-electron chi connectivity index (χ3n) is 0.936. The summed E-state index contributed by atoms with van der Waals surface area (Å²) in [6, 6.07) is 0. The van der Waals surface area contributed by atoms with Crippen molar-refractivity contribution < 1.29 is 24.8 Å². The second-order valence-electron chi connectivity index (χ2n) is 2.35. The highest BCUT2D eigenvalue weighted by molar-refractivity contribution is 4.44. The molecule has 0 bridgehead atoms. The number of hydrogen-bond donors (Lipinski definition) is 4. The second kappa shape index (κ2) is 10.8. The molecule has 4 N–H and O–H groups in total. The van der Waals surface area contributed by atoms with E-state index in [1.807, 2.05) is 0 Å². The molecule has 0 spiro atoms. The van der Waals surface area contributed by atoms with Gasteiger partial charge in [0.2, 0.25) is 0 Å². The Balaban J connectivity index is 0.